The lowest BCUT2D eigenvalue weighted by atomic mass is 10.0. The van der Waals surface area contributed by atoms with E-state index < -0.39 is 12.1 Å². The molecule has 0 aliphatic carbocycles. The lowest BCUT2D eigenvalue weighted by Crippen LogP contribution is -2.30. The second-order valence-electron chi connectivity index (χ2n) is 22.4. The Morgan fingerprint density at radius 1 is 0.269 bits per heavy atom. The van der Waals surface area contributed by atoms with Crippen LogP contribution in [0.2, 0.25) is 0 Å². The zero-order valence-corrected chi connectivity index (χ0v) is 51.7. The summed E-state index contributed by atoms with van der Waals surface area (Å²) in [5, 5.41) is 0. The fourth-order valence-electron chi connectivity index (χ4n) is 9.63. The van der Waals surface area contributed by atoms with E-state index in [4.69, 9.17) is 14.2 Å². The van der Waals surface area contributed by atoms with Gasteiger partial charge in [0.2, 0.25) is 0 Å². The van der Waals surface area contributed by atoms with Crippen molar-refractivity contribution in [1.82, 2.24) is 0 Å². The third-order valence-corrected chi connectivity index (χ3v) is 14.6. The molecular formula is C72H126O6. The fourth-order valence-corrected chi connectivity index (χ4v) is 9.63. The lowest BCUT2D eigenvalue weighted by Gasteiger charge is -2.18. The number of ether oxygens (including phenoxy) is 3. The maximum atomic E-state index is 12.9. The summed E-state index contributed by atoms with van der Waals surface area (Å²) in [6, 6.07) is 0. The number of esters is 3. The van der Waals surface area contributed by atoms with Gasteiger partial charge >= 0.3 is 17.9 Å². The molecule has 0 amide bonds. The van der Waals surface area contributed by atoms with E-state index in [1.54, 1.807) is 0 Å². The van der Waals surface area contributed by atoms with Gasteiger partial charge in [-0.3, -0.25) is 14.4 Å². The van der Waals surface area contributed by atoms with Crippen molar-refractivity contribution in [2.24, 2.45) is 0 Å². The van der Waals surface area contributed by atoms with Gasteiger partial charge in [0.25, 0.3) is 0 Å². The molecule has 450 valence electrons. The zero-order valence-electron chi connectivity index (χ0n) is 51.7. The van der Waals surface area contributed by atoms with E-state index in [1.165, 1.54) is 199 Å². The highest BCUT2D eigenvalue weighted by Gasteiger charge is 2.19. The molecule has 0 radical (unpaired) electrons. The average molecular weight is 1090 g/mol. The fraction of sp³-hybridized carbons (Fsp3) is 0.764. The molecule has 0 spiro atoms. The van der Waals surface area contributed by atoms with Gasteiger partial charge in [0, 0.05) is 19.3 Å². The molecule has 0 saturated carbocycles. The Morgan fingerprint density at radius 3 is 0.872 bits per heavy atom. The molecule has 0 heterocycles. The van der Waals surface area contributed by atoms with Crippen molar-refractivity contribution in [3.8, 4) is 0 Å². The van der Waals surface area contributed by atoms with Crippen LogP contribution < -0.4 is 0 Å². The molecule has 0 bridgehead atoms. The van der Waals surface area contributed by atoms with E-state index in [-0.39, 0.29) is 31.6 Å². The van der Waals surface area contributed by atoms with Crippen LogP contribution in [-0.4, -0.2) is 37.2 Å². The van der Waals surface area contributed by atoms with Crippen LogP contribution >= 0.6 is 0 Å². The molecule has 6 heteroatoms. The summed E-state index contributed by atoms with van der Waals surface area (Å²) in [6.07, 6.45) is 87.8. The van der Waals surface area contributed by atoms with E-state index in [9.17, 15) is 14.4 Å². The molecule has 1 unspecified atom stereocenters. The molecule has 0 aromatic rings. The van der Waals surface area contributed by atoms with Gasteiger partial charge in [0.1, 0.15) is 13.2 Å². The highest BCUT2D eigenvalue weighted by molar-refractivity contribution is 5.71. The van der Waals surface area contributed by atoms with Crippen LogP contribution in [0.1, 0.15) is 335 Å². The van der Waals surface area contributed by atoms with Gasteiger partial charge in [0.05, 0.1) is 0 Å². The van der Waals surface area contributed by atoms with Gasteiger partial charge < -0.3 is 14.2 Å². The molecule has 0 aliphatic heterocycles. The molecule has 0 aromatic carbocycles. The van der Waals surface area contributed by atoms with Gasteiger partial charge in [-0.25, -0.2) is 0 Å². The summed E-state index contributed by atoms with van der Waals surface area (Å²) in [7, 11) is 0. The van der Waals surface area contributed by atoms with Crippen LogP contribution in [0.4, 0.5) is 0 Å². The smallest absolute Gasteiger partial charge is 0.306 e. The largest absolute Gasteiger partial charge is 0.462 e. The number of hydrogen-bond donors (Lipinski definition) is 0. The molecule has 0 rings (SSSR count). The van der Waals surface area contributed by atoms with Crippen LogP contribution in [0.3, 0.4) is 0 Å². The number of hydrogen-bond acceptors (Lipinski definition) is 6. The quantitative estimate of drug-likeness (QED) is 0.0261. The Labute approximate surface area is 484 Å². The summed E-state index contributed by atoms with van der Waals surface area (Å²) in [5.41, 5.74) is 0. The van der Waals surface area contributed by atoms with E-state index in [0.29, 0.717) is 19.3 Å². The van der Waals surface area contributed by atoms with Gasteiger partial charge in [-0.05, 0) is 77.0 Å². The number of rotatable bonds is 61. The van der Waals surface area contributed by atoms with Crippen LogP contribution in [0.15, 0.2) is 85.1 Å². The Balaban J connectivity index is 4.22. The Hall–Kier alpha value is -3.41. The third kappa shape index (κ3) is 63.4. The summed E-state index contributed by atoms with van der Waals surface area (Å²) < 4.78 is 16.8. The molecule has 1 atom stereocenters. The van der Waals surface area contributed by atoms with Crippen LogP contribution in [0, 0.1) is 0 Å². The Bertz CT molecular complexity index is 1480. The minimum atomic E-state index is -0.820. The summed E-state index contributed by atoms with van der Waals surface area (Å²) >= 11 is 0. The van der Waals surface area contributed by atoms with Crippen molar-refractivity contribution >= 4 is 17.9 Å². The van der Waals surface area contributed by atoms with E-state index in [1.807, 2.05) is 6.08 Å². The zero-order chi connectivity index (χ0) is 56.4. The molecule has 0 N–H and O–H groups in total. The number of carbonyl (C=O) groups is 3. The third-order valence-electron chi connectivity index (χ3n) is 14.6. The summed E-state index contributed by atoms with van der Waals surface area (Å²) in [6.45, 7) is 6.46. The lowest BCUT2D eigenvalue weighted by molar-refractivity contribution is -0.166. The standard InChI is InChI=1S/C72H126O6/c1-4-7-10-13-16-19-22-24-26-28-30-31-32-33-34-35-36-37-38-39-40-42-43-45-47-50-53-56-59-62-65-71(74)77-68-69(67-76-70(73)64-61-58-55-52-49-21-18-15-12-9-6-3)78-72(75)66-63-60-57-54-51-48-46-44-41-29-27-25-23-20-17-14-11-8-5-2/h8,11,15,17-18,20,25,27,41,44,48,51,57,60,69H,4-7,9-10,12-14,16,19,21-24,26,28-40,42-43,45-47,49-50,52-56,58-59,61-68H2,1-3H3/b11-8-,18-15-,20-17-,27-25-,44-41-,51-48-,60-57-. The number of carbonyl (C=O) groups excluding carboxylic acids is 3. The maximum Gasteiger partial charge on any atom is 0.306 e. The average Bonchev–Trinajstić information content (AvgIpc) is 3.44. The van der Waals surface area contributed by atoms with Crippen molar-refractivity contribution in [2.45, 2.75) is 341 Å². The van der Waals surface area contributed by atoms with Gasteiger partial charge in [-0.2, -0.15) is 0 Å². The second-order valence-corrected chi connectivity index (χ2v) is 22.4. The van der Waals surface area contributed by atoms with Gasteiger partial charge in [0.15, 0.2) is 6.10 Å². The van der Waals surface area contributed by atoms with Crippen molar-refractivity contribution in [1.29, 1.82) is 0 Å². The normalized spacial score (nSPS) is 12.6. The van der Waals surface area contributed by atoms with Gasteiger partial charge in [-0.1, -0.05) is 324 Å². The first-order valence-corrected chi connectivity index (χ1v) is 33.6. The van der Waals surface area contributed by atoms with Gasteiger partial charge in [-0.15, -0.1) is 0 Å². The first-order chi connectivity index (χ1) is 38.5. The van der Waals surface area contributed by atoms with Crippen molar-refractivity contribution < 1.29 is 28.6 Å². The molecule has 0 fully saturated rings. The molecular weight excluding hydrogens is 961 g/mol. The minimum absolute atomic E-state index is 0.107. The van der Waals surface area contributed by atoms with Crippen LogP contribution in [-0.2, 0) is 28.6 Å². The predicted octanol–water partition coefficient (Wildman–Crippen LogP) is 23.1. The predicted molar refractivity (Wildman–Crippen MR) is 339 cm³/mol. The van der Waals surface area contributed by atoms with Crippen molar-refractivity contribution in [3.63, 3.8) is 0 Å². The second kappa shape index (κ2) is 66.1. The van der Waals surface area contributed by atoms with E-state index >= 15 is 0 Å². The number of allylic oxidation sites excluding steroid dienone is 14. The molecule has 0 aliphatic rings. The highest BCUT2D eigenvalue weighted by atomic mass is 16.6. The highest BCUT2D eigenvalue weighted by Crippen LogP contribution is 2.18. The molecule has 6 nitrogen and oxygen atoms in total. The van der Waals surface area contributed by atoms with Crippen molar-refractivity contribution in [3.05, 3.63) is 85.1 Å². The summed E-state index contributed by atoms with van der Waals surface area (Å²) in [4.78, 5) is 38.2. The van der Waals surface area contributed by atoms with Crippen LogP contribution in [0.25, 0.3) is 0 Å². The summed E-state index contributed by atoms with van der Waals surface area (Å²) in [5.74, 6) is -0.990. The van der Waals surface area contributed by atoms with Crippen LogP contribution in [0.5, 0.6) is 0 Å². The molecule has 0 aromatic heterocycles. The number of unbranched alkanes of at least 4 members (excludes halogenated alkanes) is 36. The Morgan fingerprint density at radius 2 is 0.538 bits per heavy atom. The van der Waals surface area contributed by atoms with Crippen molar-refractivity contribution in [2.75, 3.05) is 13.2 Å². The first kappa shape index (κ1) is 74.6. The minimum Gasteiger partial charge on any atom is -0.462 e. The molecule has 78 heavy (non-hydrogen) atoms. The topological polar surface area (TPSA) is 78.9 Å². The van der Waals surface area contributed by atoms with E-state index in [2.05, 4.69) is 99.8 Å². The first-order valence-electron chi connectivity index (χ1n) is 33.6. The maximum absolute atomic E-state index is 12.9. The monoisotopic (exact) mass is 1090 g/mol. The SMILES string of the molecule is CC/C=C\C/C=C\C/C=C\C/C=C\C/C=C\C/C=C\CCC(=O)OC(COC(=O)CCCCCCC/C=C\CCCC)COC(=O)CCCCCCCCCCCCCCCCCCCCCCCCCCCCCCCC. The van der Waals surface area contributed by atoms with E-state index in [0.717, 1.165) is 89.9 Å². The molecule has 0 saturated heterocycles. The Kier molecular flexibility index (Phi) is 63.2.